The van der Waals surface area contributed by atoms with Gasteiger partial charge in [0.25, 0.3) is 0 Å². The molecule has 0 aliphatic carbocycles. The zero-order valence-corrected chi connectivity index (χ0v) is 7.79. The van der Waals surface area contributed by atoms with Crippen molar-refractivity contribution in [3.8, 4) is 0 Å². The zero-order chi connectivity index (χ0) is 8.97. The molecule has 4 heteroatoms. The van der Waals surface area contributed by atoms with Gasteiger partial charge in [0.15, 0.2) is 0 Å². The van der Waals surface area contributed by atoms with Crippen molar-refractivity contribution in [3.05, 3.63) is 5.89 Å². The molecule has 0 aromatic carbocycles. The average Bonchev–Trinajstić information content (AvgIpc) is 2.47. The van der Waals surface area contributed by atoms with Crippen molar-refractivity contribution in [1.29, 1.82) is 0 Å². The van der Waals surface area contributed by atoms with Crippen LogP contribution in [0.15, 0.2) is 4.42 Å². The van der Waals surface area contributed by atoms with Gasteiger partial charge in [-0.05, 0) is 12.8 Å². The Balaban J connectivity index is 2.50. The number of rotatable bonds is 4. The number of hydrogen-bond acceptors (Lipinski definition) is 4. The Labute approximate surface area is 72.4 Å². The normalized spacial score (nSPS) is 10.7. The summed E-state index contributed by atoms with van der Waals surface area (Å²) in [7, 11) is 0. The maximum absolute atomic E-state index is 5.18. The van der Waals surface area contributed by atoms with Crippen molar-refractivity contribution in [3.63, 3.8) is 0 Å². The van der Waals surface area contributed by atoms with Crippen molar-refractivity contribution >= 4 is 6.01 Å². The van der Waals surface area contributed by atoms with Crippen molar-refractivity contribution in [1.82, 2.24) is 10.2 Å². The van der Waals surface area contributed by atoms with Crippen molar-refractivity contribution in [2.75, 3.05) is 5.32 Å². The third kappa shape index (κ3) is 2.22. The molecule has 0 amide bonds. The molecular weight excluding hydrogens is 154 g/mol. The lowest BCUT2D eigenvalue weighted by molar-refractivity contribution is 0.516. The first-order chi connectivity index (χ1) is 5.76. The molecule has 1 rings (SSSR count). The van der Waals surface area contributed by atoms with Crippen LogP contribution in [0.3, 0.4) is 0 Å². The minimum absolute atomic E-state index is 0.435. The van der Waals surface area contributed by atoms with Gasteiger partial charge < -0.3 is 9.73 Å². The molecule has 1 N–H and O–H groups in total. The van der Waals surface area contributed by atoms with Crippen LogP contribution in [-0.2, 0) is 0 Å². The monoisotopic (exact) mass is 169 g/mol. The Morgan fingerprint density at radius 2 is 2.00 bits per heavy atom. The summed E-state index contributed by atoms with van der Waals surface area (Å²) in [4.78, 5) is 0. The highest BCUT2D eigenvalue weighted by atomic mass is 16.4. The van der Waals surface area contributed by atoms with E-state index in [0.717, 1.165) is 12.8 Å². The van der Waals surface area contributed by atoms with Gasteiger partial charge >= 0.3 is 6.01 Å². The average molecular weight is 169 g/mol. The van der Waals surface area contributed by atoms with Crippen molar-refractivity contribution < 1.29 is 4.42 Å². The van der Waals surface area contributed by atoms with Crippen LogP contribution in [0.1, 0.15) is 32.6 Å². The molecule has 0 saturated heterocycles. The Morgan fingerprint density at radius 1 is 1.33 bits per heavy atom. The fraction of sp³-hybridized carbons (Fsp3) is 0.750. The maximum atomic E-state index is 5.18. The molecule has 1 aromatic rings. The first kappa shape index (κ1) is 9.03. The van der Waals surface area contributed by atoms with Crippen LogP contribution in [0, 0.1) is 6.92 Å². The Kier molecular flexibility index (Phi) is 3.08. The summed E-state index contributed by atoms with van der Waals surface area (Å²) >= 11 is 0. The summed E-state index contributed by atoms with van der Waals surface area (Å²) in [5.41, 5.74) is 0. The number of aryl methyl sites for hydroxylation is 1. The van der Waals surface area contributed by atoms with E-state index in [1.165, 1.54) is 0 Å². The lowest BCUT2D eigenvalue weighted by Crippen LogP contribution is -2.17. The van der Waals surface area contributed by atoms with E-state index < -0.39 is 0 Å². The number of hydrogen-bond donors (Lipinski definition) is 1. The second-order valence-electron chi connectivity index (χ2n) is 2.78. The van der Waals surface area contributed by atoms with Crippen LogP contribution in [0.2, 0.25) is 0 Å². The lowest BCUT2D eigenvalue weighted by Gasteiger charge is -2.11. The van der Waals surface area contributed by atoms with E-state index in [4.69, 9.17) is 4.42 Å². The van der Waals surface area contributed by atoms with Gasteiger partial charge in [-0.15, -0.1) is 5.10 Å². The summed E-state index contributed by atoms with van der Waals surface area (Å²) < 4.78 is 5.18. The molecule has 0 unspecified atom stereocenters. The lowest BCUT2D eigenvalue weighted by atomic mass is 10.2. The second-order valence-corrected chi connectivity index (χ2v) is 2.78. The minimum Gasteiger partial charge on any atom is -0.408 e. The summed E-state index contributed by atoms with van der Waals surface area (Å²) in [5.74, 6) is 0.600. The molecule has 0 aliphatic rings. The van der Waals surface area contributed by atoms with Crippen LogP contribution in [0.4, 0.5) is 6.01 Å². The standard InChI is InChI=1S/C8H15N3O/c1-4-7(5-2)9-8-11-10-6(3)12-8/h7H,4-5H2,1-3H3,(H,9,11). The minimum atomic E-state index is 0.435. The van der Waals surface area contributed by atoms with E-state index >= 15 is 0 Å². The van der Waals surface area contributed by atoms with Crippen molar-refractivity contribution in [2.24, 2.45) is 0 Å². The van der Waals surface area contributed by atoms with Crippen LogP contribution < -0.4 is 5.32 Å². The van der Waals surface area contributed by atoms with Gasteiger partial charge in [0.05, 0.1) is 0 Å². The first-order valence-electron chi connectivity index (χ1n) is 4.32. The third-order valence-corrected chi connectivity index (χ3v) is 1.84. The number of nitrogens with one attached hydrogen (secondary N) is 1. The quantitative estimate of drug-likeness (QED) is 0.748. The number of aromatic nitrogens is 2. The van der Waals surface area contributed by atoms with Crippen LogP contribution in [0.25, 0.3) is 0 Å². The summed E-state index contributed by atoms with van der Waals surface area (Å²) in [6.07, 6.45) is 2.13. The largest absolute Gasteiger partial charge is 0.408 e. The molecule has 4 nitrogen and oxygen atoms in total. The number of anilines is 1. The van der Waals surface area contributed by atoms with Gasteiger partial charge in [0.1, 0.15) is 0 Å². The molecule has 0 saturated carbocycles. The molecular formula is C8H15N3O. The fourth-order valence-electron chi connectivity index (χ4n) is 1.02. The van der Waals surface area contributed by atoms with Gasteiger partial charge in [-0.3, -0.25) is 0 Å². The molecule has 0 fully saturated rings. The predicted molar refractivity (Wildman–Crippen MR) is 47.0 cm³/mol. The van der Waals surface area contributed by atoms with E-state index in [9.17, 15) is 0 Å². The van der Waals surface area contributed by atoms with Gasteiger partial charge in [0, 0.05) is 13.0 Å². The highest BCUT2D eigenvalue weighted by Gasteiger charge is 2.06. The van der Waals surface area contributed by atoms with E-state index in [1.54, 1.807) is 6.92 Å². The van der Waals surface area contributed by atoms with Gasteiger partial charge in [0.2, 0.25) is 5.89 Å². The molecule has 0 aliphatic heterocycles. The maximum Gasteiger partial charge on any atom is 0.315 e. The van der Waals surface area contributed by atoms with E-state index in [1.807, 2.05) is 0 Å². The summed E-state index contributed by atoms with van der Waals surface area (Å²) in [5, 5.41) is 10.7. The Bertz CT molecular complexity index is 230. The molecule has 0 bridgehead atoms. The molecule has 0 atom stereocenters. The topological polar surface area (TPSA) is 51.0 Å². The second kappa shape index (κ2) is 4.09. The molecule has 68 valence electrons. The smallest absolute Gasteiger partial charge is 0.315 e. The Morgan fingerprint density at radius 3 is 2.42 bits per heavy atom. The van der Waals surface area contributed by atoms with Gasteiger partial charge in [-0.2, -0.15) is 0 Å². The molecule has 1 heterocycles. The first-order valence-corrected chi connectivity index (χ1v) is 4.32. The van der Waals surface area contributed by atoms with Crippen molar-refractivity contribution in [2.45, 2.75) is 39.7 Å². The van der Waals surface area contributed by atoms with E-state index in [-0.39, 0.29) is 0 Å². The van der Waals surface area contributed by atoms with Gasteiger partial charge in [-0.25, -0.2) is 0 Å². The fourth-order valence-corrected chi connectivity index (χ4v) is 1.02. The number of nitrogens with zero attached hydrogens (tertiary/aromatic N) is 2. The van der Waals surface area contributed by atoms with Crippen LogP contribution in [-0.4, -0.2) is 16.2 Å². The summed E-state index contributed by atoms with van der Waals surface area (Å²) in [6, 6.07) is 0.964. The SMILES string of the molecule is CCC(CC)Nc1nnc(C)o1. The highest BCUT2D eigenvalue weighted by Crippen LogP contribution is 2.08. The van der Waals surface area contributed by atoms with E-state index in [0.29, 0.717) is 17.9 Å². The van der Waals surface area contributed by atoms with Crippen LogP contribution in [0.5, 0.6) is 0 Å². The third-order valence-electron chi connectivity index (χ3n) is 1.84. The molecule has 0 spiro atoms. The van der Waals surface area contributed by atoms with Gasteiger partial charge in [-0.1, -0.05) is 18.9 Å². The molecule has 1 aromatic heterocycles. The zero-order valence-electron chi connectivity index (χ0n) is 7.79. The highest BCUT2D eigenvalue weighted by molar-refractivity contribution is 5.18. The molecule has 12 heavy (non-hydrogen) atoms. The molecule has 0 radical (unpaired) electrons. The van der Waals surface area contributed by atoms with E-state index in [2.05, 4.69) is 29.4 Å². The van der Waals surface area contributed by atoms with Crippen LogP contribution >= 0.6 is 0 Å². The Hall–Kier alpha value is -1.06. The predicted octanol–water partition coefficient (Wildman–Crippen LogP) is 1.98. The summed E-state index contributed by atoms with van der Waals surface area (Å²) in [6.45, 7) is 6.04.